The number of methoxy groups -OCH3 is 2. The lowest BCUT2D eigenvalue weighted by Crippen LogP contribution is -2.04. The van der Waals surface area contributed by atoms with Crippen LogP contribution in [0.2, 0.25) is 0 Å². The highest BCUT2D eigenvalue weighted by atomic mass is 16.5. The van der Waals surface area contributed by atoms with E-state index < -0.39 is 11.9 Å². The predicted octanol–water partition coefficient (Wildman–Crippen LogP) is 2.84. The maximum absolute atomic E-state index is 11.4. The first kappa shape index (κ1) is 15.8. The largest absolute Gasteiger partial charge is 0.466 e. The minimum absolute atomic E-state index is 0.400. The van der Waals surface area contributed by atoms with Crippen LogP contribution in [0.25, 0.3) is 5.57 Å². The molecule has 1 aromatic carbocycles. The highest BCUT2D eigenvalue weighted by Gasteiger charge is 2.15. The summed E-state index contributed by atoms with van der Waals surface area (Å²) >= 11 is 0. The molecule has 0 aromatic heterocycles. The molecule has 114 valence electrons. The van der Waals surface area contributed by atoms with Gasteiger partial charge in [0.15, 0.2) is 0 Å². The Morgan fingerprint density at radius 1 is 0.955 bits per heavy atom. The maximum Gasteiger partial charge on any atom is 0.330 e. The lowest BCUT2D eigenvalue weighted by atomic mass is 9.85. The molecule has 4 nitrogen and oxygen atoms in total. The summed E-state index contributed by atoms with van der Waals surface area (Å²) in [6, 6.07) is 8.03. The summed E-state index contributed by atoms with van der Waals surface area (Å²) in [6.07, 6.45) is 7.97. The van der Waals surface area contributed by atoms with Gasteiger partial charge < -0.3 is 9.47 Å². The molecule has 0 unspecified atom stereocenters. The van der Waals surface area contributed by atoms with Gasteiger partial charge in [0.1, 0.15) is 0 Å². The van der Waals surface area contributed by atoms with E-state index in [1.54, 1.807) is 12.2 Å². The van der Waals surface area contributed by atoms with E-state index in [0.29, 0.717) is 0 Å². The van der Waals surface area contributed by atoms with Crippen molar-refractivity contribution in [2.45, 2.75) is 12.8 Å². The third-order valence-corrected chi connectivity index (χ3v) is 3.53. The number of rotatable bonds is 4. The number of aryl methyl sites for hydroxylation is 1. The molecule has 0 spiro atoms. The summed E-state index contributed by atoms with van der Waals surface area (Å²) in [6.45, 7) is 0. The number of esters is 2. The third kappa shape index (κ3) is 3.73. The zero-order valence-corrected chi connectivity index (χ0v) is 12.7. The van der Waals surface area contributed by atoms with Crippen molar-refractivity contribution in [3.63, 3.8) is 0 Å². The first-order valence-corrected chi connectivity index (χ1v) is 6.99. The molecule has 0 saturated carbocycles. The van der Waals surface area contributed by atoms with E-state index in [9.17, 15) is 9.59 Å². The second-order valence-corrected chi connectivity index (χ2v) is 4.81. The summed E-state index contributed by atoms with van der Waals surface area (Å²) in [7, 11) is 2.68. The van der Waals surface area contributed by atoms with Crippen LogP contribution in [-0.2, 0) is 25.5 Å². The van der Waals surface area contributed by atoms with Crippen LogP contribution in [0.5, 0.6) is 0 Å². The van der Waals surface area contributed by atoms with Gasteiger partial charge in [0, 0.05) is 12.2 Å². The van der Waals surface area contributed by atoms with Crippen molar-refractivity contribution >= 4 is 17.5 Å². The smallest absolute Gasteiger partial charge is 0.330 e. The van der Waals surface area contributed by atoms with E-state index in [0.717, 1.165) is 29.6 Å². The molecule has 0 heterocycles. The van der Waals surface area contributed by atoms with Crippen molar-refractivity contribution in [2.75, 3.05) is 14.2 Å². The first-order valence-electron chi connectivity index (χ1n) is 6.99. The molecule has 4 heteroatoms. The van der Waals surface area contributed by atoms with Crippen LogP contribution >= 0.6 is 0 Å². The number of carbonyl (C=O) groups is 2. The Labute approximate surface area is 129 Å². The molecule has 22 heavy (non-hydrogen) atoms. The minimum atomic E-state index is -0.410. The maximum atomic E-state index is 11.4. The number of ether oxygens (including phenoxy) is 2. The van der Waals surface area contributed by atoms with E-state index in [2.05, 4.69) is 15.5 Å². The number of hydrogen-bond acceptors (Lipinski definition) is 4. The molecule has 1 aliphatic rings. The van der Waals surface area contributed by atoms with E-state index >= 15 is 0 Å². The average molecular weight is 298 g/mol. The van der Waals surface area contributed by atoms with Crippen LogP contribution in [0.15, 0.2) is 54.1 Å². The second kappa shape index (κ2) is 7.41. The number of fused-ring (bicyclic) bond motifs is 1. The Morgan fingerprint density at radius 3 is 2.27 bits per heavy atom. The summed E-state index contributed by atoms with van der Waals surface area (Å²) < 4.78 is 9.26. The Morgan fingerprint density at radius 2 is 1.59 bits per heavy atom. The van der Waals surface area contributed by atoms with Crippen molar-refractivity contribution in [1.82, 2.24) is 0 Å². The van der Waals surface area contributed by atoms with Gasteiger partial charge in [-0.3, -0.25) is 0 Å². The van der Waals surface area contributed by atoms with Crippen molar-refractivity contribution in [1.29, 1.82) is 0 Å². The van der Waals surface area contributed by atoms with Crippen LogP contribution in [0.3, 0.4) is 0 Å². The number of carbonyl (C=O) groups excluding carboxylic acids is 2. The Bertz CT molecular complexity index is 665. The molecule has 0 atom stereocenters. The molecule has 0 saturated heterocycles. The van der Waals surface area contributed by atoms with Gasteiger partial charge in [-0.15, -0.1) is 0 Å². The number of benzene rings is 1. The van der Waals surface area contributed by atoms with Crippen molar-refractivity contribution in [3.05, 3.63) is 65.3 Å². The lowest BCUT2D eigenvalue weighted by Gasteiger charge is -2.19. The van der Waals surface area contributed by atoms with E-state index in [1.165, 1.54) is 31.9 Å². The van der Waals surface area contributed by atoms with Gasteiger partial charge in [-0.2, -0.15) is 0 Å². The molecule has 1 aromatic rings. The van der Waals surface area contributed by atoms with E-state index in [1.807, 2.05) is 18.2 Å². The standard InChI is InChI=1S/C18H18O4/c1-21-17(19)11-9-14-8-7-13-5-3-4-6-15(13)16(14)10-12-18(20)22-2/h3-6,9-12H,7-8H2,1-2H3/b11-9+,12-10+. The van der Waals surface area contributed by atoms with Crippen LogP contribution in [0.1, 0.15) is 17.5 Å². The molecule has 1 aliphatic carbocycles. The summed E-state index contributed by atoms with van der Waals surface area (Å²) in [5.74, 6) is -0.811. The molecule has 0 aliphatic heterocycles. The Kier molecular flexibility index (Phi) is 5.31. The first-order chi connectivity index (χ1) is 10.7. The zero-order chi connectivity index (χ0) is 15.9. The van der Waals surface area contributed by atoms with Crippen molar-refractivity contribution in [3.8, 4) is 0 Å². The van der Waals surface area contributed by atoms with Gasteiger partial charge in [-0.25, -0.2) is 9.59 Å². The highest BCUT2D eigenvalue weighted by molar-refractivity contribution is 5.90. The fourth-order valence-corrected chi connectivity index (χ4v) is 2.40. The highest BCUT2D eigenvalue weighted by Crippen LogP contribution is 2.32. The molecular weight excluding hydrogens is 280 g/mol. The quantitative estimate of drug-likeness (QED) is 0.633. The van der Waals surface area contributed by atoms with Crippen LogP contribution < -0.4 is 0 Å². The molecule has 0 fully saturated rings. The van der Waals surface area contributed by atoms with Gasteiger partial charge >= 0.3 is 11.9 Å². The summed E-state index contributed by atoms with van der Waals surface area (Å²) in [5, 5.41) is 0. The zero-order valence-electron chi connectivity index (χ0n) is 12.7. The van der Waals surface area contributed by atoms with Crippen molar-refractivity contribution < 1.29 is 19.1 Å². The molecule has 0 bridgehead atoms. The normalized spacial score (nSPS) is 14.3. The number of allylic oxidation sites excluding steroid dienone is 4. The minimum Gasteiger partial charge on any atom is -0.466 e. The van der Waals surface area contributed by atoms with E-state index in [4.69, 9.17) is 0 Å². The molecule has 0 amide bonds. The SMILES string of the molecule is COC(=O)/C=C/C1=C(/C=C/C(=O)OC)c2ccccc2CC1. The fourth-order valence-electron chi connectivity index (χ4n) is 2.40. The fraction of sp³-hybridized carbons (Fsp3) is 0.222. The van der Waals surface area contributed by atoms with Crippen LogP contribution in [0, 0.1) is 0 Å². The molecular formula is C18H18O4. The second-order valence-electron chi connectivity index (χ2n) is 4.81. The molecule has 0 radical (unpaired) electrons. The van der Waals surface area contributed by atoms with Crippen LogP contribution in [-0.4, -0.2) is 26.2 Å². The predicted molar refractivity (Wildman–Crippen MR) is 84.0 cm³/mol. The van der Waals surface area contributed by atoms with Crippen LogP contribution in [0.4, 0.5) is 0 Å². The lowest BCUT2D eigenvalue weighted by molar-refractivity contribution is -0.135. The summed E-state index contributed by atoms with van der Waals surface area (Å²) in [4.78, 5) is 22.7. The van der Waals surface area contributed by atoms with Gasteiger partial charge in [0.05, 0.1) is 14.2 Å². The van der Waals surface area contributed by atoms with Gasteiger partial charge in [0.25, 0.3) is 0 Å². The van der Waals surface area contributed by atoms with Gasteiger partial charge in [0.2, 0.25) is 0 Å². The molecule has 2 rings (SSSR count). The van der Waals surface area contributed by atoms with Crippen molar-refractivity contribution in [2.24, 2.45) is 0 Å². The Hall–Kier alpha value is -2.62. The van der Waals surface area contributed by atoms with Gasteiger partial charge in [-0.1, -0.05) is 30.3 Å². The topological polar surface area (TPSA) is 52.6 Å². The summed E-state index contributed by atoms with van der Waals surface area (Å²) in [5.41, 5.74) is 4.21. The van der Waals surface area contributed by atoms with E-state index in [-0.39, 0.29) is 0 Å². The monoisotopic (exact) mass is 298 g/mol. The average Bonchev–Trinajstić information content (AvgIpc) is 2.57. The van der Waals surface area contributed by atoms with Gasteiger partial charge in [-0.05, 0) is 41.2 Å². The Balaban J connectivity index is 2.44. The number of hydrogen-bond donors (Lipinski definition) is 0. The molecule has 0 N–H and O–H groups in total. The third-order valence-electron chi connectivity index (χ3n) is 3.53.